The number of hydrogen-bond donors (Lipinski definition) is 4. The Morgan fingerprint density at radius 2 is 1.81 bits per heavy atom. The van der Waals surface area contributed by atoms with Gasteiger partial charge in [-0.25, -0.2) is 4.99 Å². The van der Waals surface area contributed by atoms with E-state index >= 15 is 0 Å². The average molecular weight is 538 g/mol. The molecule has 0 fully saturated rings. The topological polar surface area (TPSA) is 85.8 Å². The fourth-order valence-electron chi connectivity index (χ4n) is 3.00. The molecule has 4 N–H and O–H groups in total. The summed E-state index contributed by atoms with van der Waals surface area (Å²) in [6.45, 7) is 9.32. The van der Waals surface area contributed by atoms with E-state index in [-0.39, 0.29) is 29.9 Å². The number of carbonyl (C=O) groups is 1. The van der Waals surface area contributed by atoms with Crippen LogP contribution in [-0.4, -0.2) is 30.1 Å². The van der Waals surface area contributed by atoms with Crippen molar-refractivity contribution < 1.29 is 9.90 Å². The molecule has 31 heavy (non-hydrogen) atoms. The lowest BCUT2D eigenvalue weighted by Gasteiger charge is -2.25. The number of rotatable bonds is 9. The van der Waals surface area contributed by atoms with Crippen LogP contribution in [-0.2, 0) is 16.9 Å². The Bertz CT molecular complexity index is 838. The minimum atomic E-state index is -1.02. The van der Waals surface area contributed by atoms with Crippen molar-refractivity contribution in [3.63, 3.8) is 0 Å². The minimum absolute atomic E-state index is 0. The Labute approximate surface area is 203 Å². The summed E-state index contributed by atoms with van der Waals surface area (Å²) < 4.78 is 0. The highest BCUT2D eigenvalue weighted by Gasteiger charge is 2.22. The standard InChI is InChI=1S/C24H34N4O2.HI/c1-5-25-23(27-17-24(4,30)20-11-7-6-8-12-20)26-16-19-10-9-13-21(15-19)28-22(29)14-18(2)3;/h6-13,15,18,30H,5,14,16-17H2,1-4H3,(H,28,29)(H2,25,26,27);1H. The molecule has 0 aliphatic rings. The van der Waals surface area contributed by atoms with Crippen molar-refractivity contribution in [1.29, 1.82) is 0 Å². The molecule has 0 bridgehead atoms. The Morgan fingerprint density at radius 3 is 2.45 bits per heavy atom. The summed E-state index contributed by atoms with van der Waals surface area (Å²) in [5, 5.41) is 20.1. The van der Waals surface area contributed by atoms with Crippen LogP contribution >= 0.6 is 24.0 Å². The van der Waals surface area contributed by atoms with Crippen LogP contribution in [0.1, 0.15) is 45.2 Å². The first kappa shape index (κ1) is 26.9. The maximum atomic E-state index is 12.0. The maximum Gasteiger partial charge on any atom is 0.224 e. The van der Waals surface area contributed by atoms with Crippen LogP contribution in [0, 0.1) is 5.92 Å². The number of benzene rings is 2. The molecule has 0 saturated heterocycles. The fraction of sp³-hybridized carbons (Fsp3) is 0.417. The molecule has 2 aromatic rings. The number of hydrogen-bond acceptors (Lipinski definition) is 3. The third kappa shape index (κ3) is 9.69. The molecule has 6 nitrogen and oxygen atoms in total. The first-order chi connectivity index (χ1) is 14.3. The van der Waals surface area contributed by atoms with Crippen LogP contribution in [0.4, 0.5) is 5.69 Å². The average Bonchev–Trinajstić information content (AvgIpc) is 2.70. The predicted molar refractivity (Wildman–Crippen MR) is 139 cm³/mol. The number of carbonyl (C=O) groups excluding carboxylic acids is 1. The number of aliphatic imine (C=N–C) groups is 1. The molecular weight excluding hydrogens is 503 g/mol. The maximum absolute atomic E-state index is 12.0. The Balaban J connectivity index is 0.00000480. The molecule has 7 heteroatoms. The second-order valence-corrected chi connectivity index (χ2v) is 8.04. The molecule has 2 aromatic carbocycles. The summed E-state index contributed by atoms with van der Waals surface area (Å²) >= 11 is 0. The highest BCUT2D eigenvalue weighted by molar-refractivity contribution is 14.0. The molecule has 0 heterocycles. The van der Waals surface area contributed by atoms with Crippen LogP contribution in [0.3, 0.4) is 0 Å². The van der Waals surface area contributed by atoms with E-state index in [9.17, 15) is 9.90 Å². The first-order valence-corrected chi connectivity index (χ1v) is 10.5. The molecule has 0 aliphatic heterocycles. The number of anilines is 1. The second kappa shape index (κ2) is 13.3. The van der Waals surface area contributed by atoms with Crippen molar-refractivity contribution in [2.75, 3.05) is 18.4 Å². The summed E-state index contributed by atoms with van der Waals surface area (Å²) in [4.78, 5) is 16.6. The van der Waals surface area contributed by atoms with E-state index in [2.05, 4.69) is 20.9 Å². The third-order valence-electron chi connectivity index (χ3n) is 4.56. The van der Waals surface area contributed by atoms with Crippen molar-refractivity contribution in [3.05, 3.63) is 65.7 Å². The van der Waals surface area contributed by atoms with E-state index in [1.165, 1.54) is 0 Å². The van der Waals surface area contributed by atoms with Gasteiger partial charge in [-0.15, -0.1) is 24.0 Å². The molecule has 1 unspecified atom stereocenters. The van der Waals surface area contributed by atoms with Crippen LogP contribution in [0.5, 0.6) is 0 Å². The summed E-state index contributed by atoms with van der Waals surface area (Å²) in [7, 11) is 0. The highest BCUT2D eigenvalue weighted by atomic mass is 127. The predicted octanol–water partition coefficient (Wildman–Crippen LogP) is 4.25. The minimum Gasteiger partial charge on any atom is -0.384 e. The number of nitrogens with zero attached hydrogens (tertiary/aromatic N) is 1. The lowest BCUT2D eigenvalue weighted by Crippen LogP contribution is -2.44. The zero-order chi connectivity index (χ0) is 22.0. The lowest BCUT2D eigenvalue weighted by atomic mass is 9.96. The largest absolute Gasteiger partial charge is 0.384 e. The molecular formula is C24H35IN4O2. The normalized spacial score (nSPS) is 13.2. The smallest absolute Gasteiger partial charge is 0.224 e. The molecule has 1 atom stereocenters. The van der Waals surface area contributed by atoms with E-state index in [4.69, 9.17) is 0 Å². The van der Waals surface area contributed by atoms with Gasteiger partial charge in [-0.3, -0.25) is 4.79 Å². The van der Waals surface area contributed by atoms with Gasteiger partial charge >= 0.3 is 0 Å². The lowest BCUT2D eigenvalue weighted by molar-refractivity contribution is -0.116. The summed E-state index contributed by atoms with van der Waals surface area (Å²) in [5.41, 5.74) is 1.60. The number of nitrogens with one attached hydrogen (secondary N) is 3. The van der Waals surface area contributed by atoms with Gasteiger partial charge in [-0.05, 0) is 43.0 Å². The summed E-state index contributed by atoms with van der Waals surface area (Å²) in [6, 6.07) is 17.3. The van der Waals surface area contributed by atoms with E-state index in [0.29, 0.717) is 37.9 Å². The zero-order valence-electron chi connectivity index (χ0n) is 18.8. The number of amides is 1. The quantitative estimate of drug-likeness (QED) is 0.219. The van der Waals surface area contributed by atoms with Gasteiger partial charge in [0.2, 0.25) is 5.91 Å². The van der Waals surface area contributed by atoms with Crippen molar-refractivity contribution in [2.45, 2.75) is 46.3 Å². The Hall–Kier alpha value is -2.13. The van der Waals surface area contributed by atoms with Gasteiger partial charge in [0.1, 0.15) is 5.60 Å². The van der Waals surface area contributed by atoms with Crippen LogP contribution < -0.4 is 16.0 Å². The molecule has 0 spiro atoms. The van der Waals surface area contributed by atoms with Gasteiger partial charge in [-0.2, -0.15) is 0 Å². The van der Waals surface area contributed by atoms with Crippen LogP contribution in [0.2, 0.25) is 0 Å². The van der Waals surface area contributed by atoms with Gasteiger partial charge in [0.05, 0.1) is 13.1 Å². The highest BCUT2D eigenvalue weighted by Crippen LogP contribution is 2.19. The number of halogens is 1. The zero-order valence-corrected chi connectivity index (χ0v) is 21.1. The summed E-state index contributed by atoms with van der Waals surface area (Å²) in [5.74, 6) is 0.964. The van der Waals surface area contributed by atoms with Crippen molar-refractivity contribution in [1.82, 2.24) is 10.6 Å². The molecule has 170 valence electrons. The monoisotopic (exact) mass is 538 g/mol. The van der Waals surface area contributed by atoms with Gasteiger partial charge in [-0.1, -0.05) is 56.3 Å². The van der Waals surface area contributed by atoms with Crippen LogP contribution in [0.25, 0.3) is 0 Å². The van der Waals surface area contributed by atoms with Crippen molar-refractivity contribution in [3.8, 4) is 0 Å². The van der Waals surface area contributed by atoms with Gasteiger partial charge in [0.15, 0.2) is 5.96 Å². The van der Waals surface area contributed by atoms with Crippen LogP contribution in [0.15, 0.2) is 59.6 Å². The first-order valence-electron chi connectivity index (χ1n) is 10.5. The van der Waals surface area contributed by atoms with E-state index in [0.717, 1.165) is 16.8 Å². The number of guanidine groups is 1. The van der Waals surface area contributed by atoms with Gasteiger partial charge < -0.3 is 21.1 Å². The van der Waals surface area contributed by atoms with Crippen molar-refractivity contribution >= 4 is 41.5 Å². The molecule has 1 amide bonds. The van der Waals surface area contributed by atoms with E-state index < -0.39 is 5.60 Å². The van der Waals surface area contributed by atoms with Gasteiger partial charge in [0, 0.05) is 18.7 Å². The Kier molecular flexibility index (Phi) is 11.6. The summed E-state index contributed by atoms with van der Waals surface area (Å²) in [6.07, 6.45) is 0.498. The third-order valence-corrected chi connectivity index (χ3v) is 4.56. The molecule has 0 radical (unpaired) electrons. The van der Waals surface area contributed by atoms with Gasteiger partial charge in [0.25, 0.3) is 0 Å². The van der Waals surface area contributed by atoms with E-state index in [1.807, 2.05) is 75.4 Å². The fourth-order valence-corrected chi connectivity index (χ4v) is 3.00. The van der Waals surface area contributed by atoms with E-state index in [1.54, 1.807) is 6.92 Å². The second-order valence-electron chi connectivity index (χ2n) is 8.04. The number of aliphatic hydroxyl groups is 1. The SMILES string of the molecule is CCNC(=NCc1cccc(NC(=O)CC(C)C)c1)NCC(C)(O)c1ccccc1.I. The molecule has 0 saturated carbocycles. The molecule has 0 aromatic heterocycles. The van der Waals surface area contributed by atoms with Crippen molar-refractivity contribution in [2.24, 2.45) is 10.9 Å². The molecule has 0 aliphatic carbocycles. The Morgan fingerprint density at radius 1 is 1.10 bits per heavy atom. The molecule has 2 rings (SSSR count).